The zero-order valence-electron chi connectivity index (χ0n) is 15.7. The van der Waals surface area contributed by atoms with Gasteiger partial charge in [-0.05, 0) is 46.2 Å². The Balaban J connectivity index is 1.81. The third-order valence-electron chi connectivity index (χ3n) is 5.07. The SMILES string of the molecule is COc1cc(-c2ccc3c4c(ccc3c2)O[C@@H](CN)C4)cc(OC)c1OC. The lowest BCUT2D eigenvalue weighted by atomic mass is 9.96. The molecule has 0 aromatic heterocycles. The highest BCUT2D eigenvalue weighted by Gasteiger charge is 2.23. The second-order valence-corrected chi connectivity index (χ2v) is 6.57. The average Bonchev–Trinajstić information content (AvgIpc) is 3.16. The summed E-state index contributed by atoms with van der Waals surface area (Å²) < 4.78 is 22.3. The summed E-state index contributed by atoms with van der Waals surface area (Å²) in [5, 5.41) is 2.38. The summed E-state index contributed by atoms with van der Waals surface area (Å²) in [6.45, 7) is 0.527. The Hall–Kier alpha value is -2.92. The number of benzene rings is 3. The fourth-order valence-electron chi connectivity index (χ4n) is 3.70. The zero-order chi connectivity index (χ0) is 19.0. The number of rotatable bonds is 5. The van der Waals surface area contributed by atoms with Gasteiger partial charge in [0, 0.05) is 18.5 Å². The number of methoxy groups -OCH3 is 3. The largest absolute Gasteiger partial charge is 0.493 e. The lowest BCUT2D eigenvalue weighted by Gasteiger charge is -2.15. The Labute approximate surface area is 158 Å². The molecular formula is C22H23NO4. The van der Waals surface area contributed by atoms with E-state index in [1.165, 1.54) is 16.3 Å². The van der Waals surface area contributed by atoms with Crippen LogP contribution in [0.3, 0.4) is 0 Å². The quantitative estimate of drug-likeness (QED) is 0.745. The lowest BCUT2D eigenvalue weighted by molar-refractivity contribution is 0.241. The van der Waals surface area contributed by atoms with Gasteiger partial charge in [0.05, 0.1) is 21.3 Å². The van der Waals surface area contributed by atoms with Crippen LogP contribution in [-0.2, 0) is 6.42 Å². The second-order valence-electron chi connectivity index (χ2n) is 6.57. The normalized spacial score (nSPS) is 15.3. The van der Waals surface area contributed by atoms with Crippen LogP contribution in [0.1, 0.15) is 5.56 Å². The zero-order valence-corrected chi connectivity index (χ0v) is 15.7. The molecule has 3 aromatic carbocycles. The Morgan fingerprint density at radius 2 is 1.67 bits per heavy atom. The molecule has 1 heterocycles. The molecule has 0 bridgehead atoms. The molecule has 27 heavy (non-hydrogen) atoms. The van der Waals surface area contributed by atoms with Crippen LogP contribution in [0.2, 0.25) is 0 Å². The van der Waals surface area contributed by atoms with Gasteiger partial charge < -0.3 is 24.7 Å². The molecule has 4 rings (SSSR count). The van der Waals surface area contributed by atoms with Crippen molar-refractivity contribution in [2.45, 2.75) is 12.5 Å². The molecule has 0 aliphatic carbocycles. The molecular weight excluding hydrogens is 342 g/mol. The lowest BCUT2D eigenvalue weighted by Crippen LogP contribution is -2.24. The van der Waals surface area contributed by atoms with Crippen molar-refractivity contribution in [3.8, 4) is 34.1 Å². The van der Waals surface area contributed by atoms with E-state index in [1.807, 2.05) is 18.2 Å². The fraction of sp³-hybridized carbons (Fsp3) is 0.273. The third kappa shape index (κ3) is 2.94. The van der Waals surface area contributed by atoms with E-state index >= 15 is 0 Å². The number of hydrogen-bond acceptors (Lipinski definition) is 5. The number of nitrogens with two attached hydrogens (primary N) is 1. The molecule has 0 spiro atoms. The van der Waals surface area contributed by atoms with E-state index in [9.17, 15) is 0 Å². The third-order valence-corrected chi connectivity index (χ3v) is 5.07. The van der Waals surface area contributed by atoms with Crippen LogP contribution >= 0.6 is 0 Å². The molecule has 5 heteroatoms. The smallest absolute Gasteiger partial charge is 0.203 e. The Morgan fingerprint density at radius 1 is 0.926 bits per heavy atom. The molecule has 2 N–H and O–H groups in total. The topological polar surface area (TPSA) is 62.9 Å². The van der Waals surface area contributed by atoms with Gasteiger partial charge >= 0.3 is 0 Å². The van der Waals surface area contributed by atoms with Crippen molar-refractivity contribution < 1.29 is 18.9 Å². The minimum absolute atomic E-state index is 0.0698. The standard InChI is InChI=1S/C22H23NO4/c1-24-20-9-15(10-21(25-2)22(20)26-3)13-4-6-17-14(8-13)5-7-19-18(17)11-16(12-23)27-19/h4-10,16H,11-12,23H2,1-3H3/t16-/m1/s1. The molecule has 1 aliphatic rings. The maximum Gasteiger partial charge on any atom is 0.203 e. The first-order valence-electron chi connectivity index (χ1n) is 8.91. The molecule has 140 valence electrons. The first-order valence-corrected chi connectivity index (χ1v) is 8.91. The van der Waals surface area contributed by atoms with E-state index in [-0.39, 0.29) is 6.10 Å². The summed E-state index contributed by atoms with van der Waals surface area (Å²) in [5.74, 6) is 2.81. The van der Waals surface area contributed by atoms with Crippen molar-refractivity contribution in [3.63, 3.8) is 0 Å². The molecule has 5 nitrogen and oxygen atoms in total. The number of fused-ring (bicyclic) bond motifs is 3. The van der Waals surface area contributed by atoms with Gasteiger partial charge in [-0.15, -0.1) is 0 Å². The van der Waals surface area contributed by atoms with Crippen molar-refractivity contribution in [1.82, 2.24) is 0 Å². The predicted octanol–water partition coefficient (Wildman–Crippen LogP) is 3.79. The van der Waals surface area contributed by atoms with Gasteiger partial charge in [-0.1, -0.05) is 18.2 Å². The summed E-state index contributed by atoms with van der Waals surface area (Å²) >= 11 is 0. The summed E-state index contributed by atoms with van der Waals surface area (Å²) in [5.41, 5.74) is 9.09. The summed E-state index contributed by atoms with van der Waals surface area (Å²) in [7, 11) is 4.85. The monoisotopic (exact) mass is 365 g/mol. The van der Waals surface area contributed by atoms with Gasteiger partial charge in [-0.25, -0.2) is 0 Å². The maximum atomic E-state index is 5.89. The fourth-order valence-corrected chi connectivity index (χ4v) is 3.70. The first-order chi connectivity index (χ1) is 13.2. The van der Waals surface area contributed by atoms with E-state index < -0.39 is 0 Å². The van der Waals surface area contributed by atoms with E-state index in [1.54, 1.807) is 21.3 Å². The number of hydrogen-bond donors (Lipinski definition) is 1. The van der Waals surface area contributed by atoms with Gasteiger partial charge in [0.15, 0.2) is 11.5 Å². The average molecular weight is 365 g/mol. The minimum atomic E-state index is 0.0698. The molecule has 1 aliphatic heterocycles. The first kappa shape index (κ1) is 17.5. The van der Waals surface area contributed by atoms with Gasteiger partial charge in [0.1, 0.15) is 11.9 Å². The van der Waals surface area contributed by atoms with Crippen molar-refractivity contribution >= 4 is 10.8 Å². The summed E-state index contributed by atoms with van der Waals surface area (Å²) in [6.07, 6.45) is 0.924. The van der Waals surface area contributed by atoms with Gasteiger partial charge in [-0.2, -0.15) is 0 Å². The molecule has 0 fully saturated rings. The van der Waals surface area contributed by atoms with Crippen LogP contribution in [0.15, 0.2) is 42.5 Å². The maximum absolute atomic E-state index is 5.89. The molecule has 1 atom stereocenters. The van der Waals surface area contributed by atoms with Crippen LogP contribution in [0.4, 0.5) is 0 Å². The minimum Gasteiger partial charge on any atom is -0.493 e. The van der Waals surface area contributed by atoms with E-state index in [0.717, 1.165) is 23.3 Å². The highest BCUT2D eigenvalue weighted by molar-refractivity contribution is 5.92. The van der Waals surface area contributed by atoms with Crippen LogP contribution in [-0.4, -0.2) is 34.0 Å². The highest BCUT2D eigenvalue weighted by Crippen LogP contribution is 2.42. The van der Waals surface area contributed by atoms with E-state index in [2.05, 4.69) is 24.3 Å². The molecule has 3 aromatic rings. The van der Waals surface area contributed by atoms with Gasteiger partial charge in [-0.3, -0.25) is 0 Å². The Kier molecular flexibility index (Phi) is 4.54. The van der Waals surface area contributed by atoms with Gasteiger partial charge in [0.25, 0.3) is 0 Å². The van der Waals surface area contributed by atoms with E-state index in [4.69, 9.17) is 24.7 Å². The van der Waals surface area contributed by atoms with Gasteiger partial charge in [0.2, 0.25) is 5.75 Å². The Morgan fingerprint density at radius 3 is 2.30 bits per heavy atom. The highest BCUT2D eigenvalue weighted by atomic mass is 16.5. The number of ether oxygens (including phenoxy) is 4. The summed E-state index contributed by atoms with van der Waals surface area (Å²) in [4.78, 5) is 0. The molecule has 0 unspecified atom stereocenters. The molecule has 0 amide bonds. The predicted molar refractivity (Wildman–Crippen MR) is 106 cm³/mol. The molecule has 0 saturated heterocycles. The van der Waals surface area contributed by atoms with Crippen LogP contribution in [0, 0.1) is 0 Å². The van der Waals surface area contributed by atoms with Crippen molar-refractivity contribution in [3.05, 3.63) is 48.0 Å². The summed E-state index contributed by atoms with van der Waals surface area (Å²) in [6, 6.07) is 14.5. The van der Waals surface area contributed by atoms with E-state index in [0.29, 0.717) is 23.8 Å². The molecule has 0 saturated carbocycles. The molecule has 0 radical (unpaired) electrons. The van der Waals surface area contributed by atoms with Crippen LogP contribution in [0.5, 0.6) is 23.0 Å². The second kappa shape index (κ2) is 7.00. The van der Waals surface area contributed by atoms with Crippen LogP contribution in [0.25, 0.3) is 21.9 Å². The van der Waals surface area contributed by atoms with Crippen LogP contribution < -0.4 is 24.7 Å². The van der Waals surface area contributed by atoms with Crippen molar-refractivity contribution in [2.75, 3.05) is 27.9 Å². The Bertz CT molecular complexity index is 974. The van der Waals surface area contributed by atoms with Crippen molar-refractivity contribution in [1.29, 1.82) is 0 Å². The van der Waals surface area contributed by atoms with Crippen molar-refractivity contribution in [2.24, 2.45) is 5.73 Å².